The normalized spacial score (nSPS) is 15.1. The van der Waals surface area contributed by atoms with E-state index in [1.807, 2.05) is 13.8 Å². The molecule has 1 atom stereocenters. The number of hydrogen-bond acceptors (Lipinski definition) is 2. The maximum absolute atomic E-state index is 6.23. The average molecular weight is 221 g/mol. The molecule has 0 aliphatic heterocycles. The van der Waals surface area contributed by atoms with Crippen LogP contribution in [0.2, 0.25) is 0 Å². The Morgan fingerprint density at radius 1 is 1.25 bits per heavy atom. The van der Waals surface area contributed by atoms with Gasteiger partial charge in [-0.3, -0.25) is 0 Å². The van der Waals surface area contributed by atoms with Gasteiger partial charge < -0.3 is 10.5 Å². The van der Waals surface area contributed by atoms with Gasteiger partial charge in [0, 0.05) is 6.61 Å². The molecule has 2 nitrogen and oxygen atoms in total. The molecule has 90 valence electrons. The van der Waals surface area contributed by atoms with Gasteiger partial charge in [-0.25, -0.2) is 0 Å². The summed E-state index contributed by atoms with van der Waals surface area (Å²) in [5, 5.41) is 0. The van der Waals surface area contributed by atoms with Crippen molar-refractivity contribution >= 4 is 0 Å². The van der Waals surface area contributed by atoms with Crippen LogP contribution in [0.4, 0.5) is 0 Å². The number of hydrogen-bond donors (Lipinski definition) is 1. The smallest absolute Gasteiger partial charge is 0.0685 e. The van der Waals surface area contributed by atoms with Crippen molar-refractivity contribution in [3.8, 4) is 0 Å². The second-order valence-corrected chi connectivity index (χ2v) is 4.83. The van der Waals surface area contributed by atoms with Crippen LogP contribution in [0.15, 0.2) is 24.3 Å². The Hall–Kier alpha value is -0.860. The highest BCUT2D eigenvalue weighted by Gasteiger charge is 2.21. The van der Waals surface area contributed by atoms with E-state index in [0.29, 0.717) is 19.1 Å². The van der Waals surface area contributed by atoms with Crippen LogP contribution in [0.5, 0.6) is 0 Å². The van der Waals surface area contributed by atoms with Crippen LogP contribution >= 0.6 is 0 Å². The third kappa shape index (κ3) is 3.32. The third-order valence-corrected chi connectivity index (χ3v) is 2.84. The fourth-order valence-electron chi connectivity index (χ4n) is 1.65. The number of benzene rings is 1. The van der Waals surface area contributed by atoms with Crippen LogP contribution < -0.4 is 5.73 Å². The molecule has 2 N–H and O–H groups in total. The molecule has 16 heavy (non-hydrogen) atoms. The number of rotatable bonds is 5. The molecule has 0 amide bonds. The molecule has 0 aliphatic carbocycles. The summed E-state index contributed by atoms with van der Waals surface area (Å²) in [5.41, 5.74) is 8.30. The summed E-state index contributed by atoms with van der Waals surface area (Å²) in [4.78, 5) is 0. The molecule has 0 spiro atoms. The van der Waals surface area contributed by atoms with Crippen molar-refractivity contribution in [3.05, 3.63) is 35.4 Å². The molecule has 0 saturated heterocycles. The number of nitrogens with two attached hydrogens (primary N) is 1. The first kappa shape index (κ1) is 13.2. The average Bonchev–Trinajstić information content (AvgIpc) is 2.26. The van der Waals surface area contributed by atoms with Crippen LogP contribution in [0.25, 0.3) is 0 Å². The zero-order valence-electron chi connectivity index (χ0n) is 10.8. The van der Waals surface area contributed by atoms with Crippen molar-refractivity contribution in [3.63, 3.8) is 0 Å². The Bertz CT molecular complexity index is 314. The molecule has 1 aromatic carbocycles. The minimum absolute atomic E-state index is 0.397. The highest BCUT2D eigenvalue weighted by molar-refractivity contribution is 5.29. The lowest BCUT2D eigenvalue weighted by atomic mass is 9.91. The van der Waals surface area contributed by atoms with E-state index in [0.717, 1.165) is 5.56 Å². The van der Waals surface area contributed by atoms with Crippen LogP contribution in [-0.2, 0) is 10.3 Å². The summed E-state index contributed by atoms with van der Waals surface area (Å²) in [7, 11) is 0. The Kier molecular flexibility index (Phi) is 4.51. The Morgan fingerprint density at radius 3 is 2.25 bits per heavy atom. The maximum atomic E-state index is 6.23. The van der Waals surface area contributed by atoms with E-state index in [4.69, 9.17) is 10.5 Å². The first-order chi connectivity index (χ1) is 7.47. The summed E-state index contributed by atoms with van der Waals surface area (Å²) in [6.45, 7) is 9.64. The predicted octanol–water partition coefficient (Wildman–Crippen LogP) is 3.02. The molecule has 0 radical (unpaired) electrons. The molecule has 0 aromatic heterocycles. The van der Waals surface area contributed by atoms with Gasteiger partial charge in [-0.2, -0.15) is 0 Å². The third-order valence-electron chi connectivity index (χ3n) is 2.84. The van der Waals surface area contributed by atoms with Crippen molar-refractivity contribution in [2.45, 2.75) is 39.2 Å². The van der Waals surface area contributed by atoms with Gasteiger partial charge >= 0.3 is 0 Å². The summed E-state index contributed by atoms with van der Waals surface area (Å²) < 4.78 is 5.41. The molecule has 0 aliphatic rings. The summed E-state index contributed by atoms with van der Waals surface area (Å²) in [6, 6.07) is 8.51. The lowest BCUT2D eigenvalue weighted by molar-refractivity contribution is 0.101. The molecule has 1 unspecified atom stereocenters. The van der Waals surface area contributed by atoms with E-state index in [-0.39, 0.29) is 0 Å². The molecule has 1 rings (SSSR count). The zero-order chi connectivity index (χ0) is 12.2. The summed E-state index contributed by atoms with van der Waals surface area (Å²) in [5.74, 6) is 0.560. The number of ether oxygens (including phenoxy) is 1. The first-order valence-corrected chi connectivity index (χ1v) is 5.94. The summed E-state index contributed by atoms with van der Waals surface area (Å²) in [6.07, 6.45) is 0. The predicted molar refractivity (Wildman–Crippen MR) is 68.6 cm³/mol. The van der Waals surface area contributed by atoms with Crippen molar-refractivity contribution in [1.29, 1.82) is 0 Å². The molecule has 2 heteroatoms. The fraction of sp³-hybridized carbons (Fsp3) is 0.571. The summed E-state index contributed by atoms with van der Waals surface area (Å²) >= 11 is 0. The molecular weight excluding hydrogens is 198 g/mol. The van der Waals surface area contributed by atoms with E-state index in [1.54, 1.807) is 0 Å². The van der Waals surface area contributed by atoms with E-state index in [9.17, 15) is 0 Å². The van der Waals surface area contributed by atoms with Gasteiger partial charge in [0.05, 0.1) is 12.1 Å². The molecule has 1 aromatic rings. The highest BCUT2D eigenvalue weighted by atomic mass is 16.5. The fourth-order valence-corrected chi connectivity index (χ4v) is 1.65. The second-order valence-electron chi connectivity index (χ2n) is 4.83. The van der Waals surface area contributed by atoms with Gasteiger partial charge in [0.2, 0.25) is 0 Å². The van der Waals surface area contributed by atoms with Crippen molar-refractivity contribution in [2.75, 3.05) is 13.2 Å². The van der Waals surface area contributed by atoms with Crippen molar-refractivity contribution in [1.82, 2.24) is 0 Å². The topological polar surface area (TPSA) is 35.2 Å². The second kappa shape index (κ2) is 5.46. The largest absolute Gasteiger partial charge is 0.379 e. The minimum atomic E-state index is -0.397. The maximum Gasteiger partial charge on any atom is 0.0685 e. The standard InChI is InChI=1S/C14H23NO/c1-5-16-10-14(4,15)13-8-6-12(7-9-13)11(2)3/h6-9,11H,5,10,15H2,1-4H3. The monoisotopic (exact) mass is 221 g/mol. The van der Waals surface area contributed by atoms with Crippen LogP contribution in [-0.4, -0.2) is 13.2 Å². The highest BCUT2D eigenvalue weighted by Crippen LogP contribution is 2.21. The van der Waals surface area contributed by atoms with E-state index in [2.05, 4.69) is 38.1 Å². The van der Waals surface area contributed by atoms with Gasteiger partial charge in [0.15, 0.2) is 0 Å². The lowest BCUT2D eigenvalue weighted by Gasteiger charge is -2.25. The molecule has 0 bridgehead atoms. The van der Waals surface area contributed by atoms with E-state index < -0.39 is 5.54 Å². The Morgan fingerprint density at radius 2 is 1.81 bits per heavy atom. The quantitative estimate of drug-likeness (QED) is 0.829. The molecule has 0 heterocycles. The zero-order valence-corrected chi connectivity index (χ0v) is 10.8. The van der Waals surface area contributed by atoms with Gasteiger partial charge in [-0.15, -0.1) is 0 Å². The van der Waals surface area contributed by atoms with E-state index >= 15 is 0 Å². The van der Waals surface area contributed by atoms with Crippen LogP contribution in [0, 0.1) is 0 Å². The Balaban J connectivity index is 2.79. The van der Waals surface area contributed by atoms with Crippen LogP contribution in [0.1, 0.15) is 44.7 Å². The molecule has 0 saturated carbocycles. The SMILES string of the molecule is CCOCC(C)(N)c1ccc(C(C)C)cc1. The van der Waals surface area contributed by atoms with Gasteiger partial charge in [-0.05, 0) is 30.9 Å². The van der Waals surface area contributed by atoms with Crippen molar-refractivity contribution < 1.29 is 4.74 Å². The van der Waals surface area contributed by atoms with Gasteiger partial charge in [0.1, 0.15) is 0 Å². The van der Waals surface area contributed by atoms with Crippen molar-refractivity contribution in [2.24, 2.45) is 5.73 Å². The Labute approximate surface area is 98.8 Å². The van der Waals surface area contributed by atoms with E-state index in [1.165, 1.54) is 5.56 Å². The van der Waals surface area contributed by atoms with Gasteiger partial charge in [0.25, 0.3) is 0 Å². The molecular formula is C14H23NO. The molecule has 0 fully saturated rings. The first-order valence-electron chi connectivity index (χ1n) is 5.94. The van der Waals surface area contributed by atoms with Crippen LogP contribution in [0.3, 0.4) is 0 Å². The minimum Gasteiger partial charge on any atom is -0.379 e. The lowest BCUT2D eigenvalue weighted by Crippen LogP contribution is -2.38. The van der Waals surface area contributed by atoms with Gasteiger partial charge in [-0.1, -0.05) is 38.1 Å².